The van der Waals surface area contributed by atoms with Crippen molar-refractivity contribution >= 4 is 17.5 Å². The second-order valence-corrected chi connectivity index (χ2v) is 4.71. The molecule has 2 aromatic rings. The van der Waals surface area contributed by atoms with Crippen LogP contribution in [0.15, 0.2) is 36.7 Å². The smallest absolute Gasteiger partial charge is 0.203 e. The van der Waals surface area contributed by atoms with E-state index < -0.39 is 0 Å². The highest BCUT2D eigenvalue weighted by Gasteiger charge is 2.02. The molecule has 0 aliphatic rings. The second-order valence-electron chi connectivity index (χ2n) is 4.27. The minimum atomic E-state index is 0.735. The van der Waals surface area contributed by atoms with Gasteiger partial charge in [0.1, 0.15) is 0 Å². The van der Waals surface area contributed by atoms with Crippen molar-refractivity contribution in [2.75, 3.05) is 19.0 Å². The highest BCUT2D eigenvalue weighted by molar-refractivity contribution is 6.30. The normalized spacial score (nSPS) is 10.6. The summed E-state index contributed by atoms with van der Waals surface area (Å²) in [7, 11) is 1.72. The number of ether oxygens (including phenoxy) is 1. The van der Waals surface area contributed by atoms with Gasteiger partial charge in [0.25, 0.3) is 0 Å². The molecule has 0 amide bonds. The van der Waals surface area contributed by atoms with Gasteiger partial charge in [-0.1, -0.05) is 23.7 Å². The molecule has 0 atom stereocenters. The van der Waals surface area contributed by atoms with Crippen LogP contribution < -0.4 is 5.32 Å². The van der Waals surface area contributed by atoms with Crippen molar-refractivity contribution in [2.24, 2.45) is 0 Å². The summed E-state index contributed by atoms with van der Waals surface area (Å²) in [5.74, 6) is 0.881. The van der Waals surface area contributed by atoms with E-state index in [4.69, 9.17) is 16.3 Å². The van der Waals surface area contributed by atoms with Gasteiger partial charge in [0.15, 0.2) is 0 Å². The van der Waals surface area contributed by atoms with Crippen molar-refractivity contribution in [1.82, 2.24) is 9.55 Å². The molecule has 1 aromatic heterocycles. The van der Waals surface area contributed by atoms with Crippen LogP contribution in [0.1, 0.15) is 12.0 Å². The van der Waals surface area contributed by atoms with Crippen LogP contribution in [0.25, 0.3) is 0 Å². The molecule has 19 heavy (non-hydrogen) atoms. The number of nitrogens with one attached hydrogen (secondary N) is 1. The molecule has 102 valence electrons. The van der Waals surface area contributed by atoms with Crippen molar-refractivity contribution < 1.29 is 4.74 Å². The van der Waals surface area contributed by atoms with E-state index in [1.807, 2.05) is 30.5 Å². The summed E-state index contributed by atoms with van der Waals surface area (Å²) >= 11 is 5.86. The average Bonchev–Trinajstić information content (AvgIpc) is 2.86. The fraction of sp³-hybridized carbons (Fsp3) is 0.357. The number of hydrogen-bond donors (Lipinski definition) is 1. The number of nitrogens with zero attached hydrogens (tertiary/aromatic N) is 2. The Balaban J connectivity index is 1.88. The van der Waals surface area contributed by atoms with E-state index in [2.05, 4.69) is 14.9 Å². The third-order valence-electron chi connectivity index (χ3n) is 2.83. The van der Waals surface area contributed by atoms with E-state index in [1.165, 1.54) is 5.56 Å². The number of rotatable bonds is 7. The molecule has 0 spiro atoms. The number of hydrogen-bond acceptors (Lipinski definition) is 3. The molecule has 0 fully saturated rings. The van der Waals surface area contributed by atoms with Crippen molar-refractivity contribution in [1.29, 1.82) is 0 Å². The lowest BCUT2D eigenvalue weighted by Gasteiger charge is -2.09. The zero-order valence-electron chi connectivity index (χ0n) is 11.0. The summed E-state index contributed by atoms with van der Waals surface area (Å²) in [4.78, 5) is 4.31. The third kappa shape index (κ3) is 4.26. The van der Waals surface area contributed by atoms with Crippen LogP contribution >= 0.6 is 11.6 Å². The fourth-order valence-electron chi connectivity index (χ4n) is 1.82. The predicted octanol–water partition coefficient (Wildman–Crippen LogP) is 3.19. The number of halogens is 1. The molecule has 1 N–H and O–H groups in total. The highest BCUT2D eigenvalue weighted by atomic mass is 35.5. The van der Waals surface area contributed by atoms with Gasteiger partial charge >= 0.3 is 0 Å². The van der Waals surface area contributed by atoms with Gasteiger partial charge < -0.3 is 14.6 Å². The maximum absolute atomic E-state index is 5.86. The lowest BCUT2D eigenvalue weighted by Crippen LogP contribution is -2.08. The molecular weight excluding hydrogens is 262 g/mol. The van der Waals surface area contributed by atoms with Crippen molar-refractivity contribution in [3.05, 3.63) is 47.2 Å². The van der Waals surface area contributed by atoms with Crippen LogP contribution in [0.2, 0.25) is 5.02 Å². The summed E-state index contributed by atoms with van der Waals surface area (Å²) in [6, 6.07) is 7.80. The van der Waals surface area contributed by atoms with Crippen LogP contribution in [0, 0.1) is 0 Å². The SMILES string of the molecule is COCCCn1ccnc1NCc1ccc(Cl)cc1. The quantitative estimate of drug-likeness (QED) is 0.791. The van der Waals surface area contributed by atoms with Gasteiger partial charge in [-0.15, -0.1) is 0 Å². The third-order valence-corrected chi connectivity index (χ3v) is 3.08. The summed E-state index contributed by atoms with van der Waals surface area (Å²) in [5.41, 5.74) is 1.18. The number of methoxy groups -OCH3 is 1. The van der Waals surface area contributed by atoms with Gasteiger partial charge in [-0.25, -0.2) is 4.98 Å². The molecule has 0 radical (unpaired) electrons. The largest absolute Gasteiger partial charge is 0.385 e. The average molecular weight is 280 g/mol. The van der Waals surface area contributed by atoms with Gasteiger partial charge in [0.2, 0.25) is 5.95 Å². The van der Waals surface area contributed by atoms with Gasteiger partial charge in [-0.3, -0.25) is 0 Å². The maximum atomic E-state index is 5.86. The monoisotopic (exact) mass is 279 g/mol. The van der Waals surface area contributed by atoms with Crippen LogP contribution in [-0.2, 0) is 17.8 Å². The zero-order chi connectivity index (χ0) is 13.5. The molecule has 0 aliphatic carbocycles. The summed E-state index contributed by atoms with van der Waals surface area (Å²) in [6.45, 7) is 2.39. The second kappa shape index (κ2) is 7.16. The first kappa shape index (κ1) is 13.9. The van der Waals surface area contributed by atoms with E-state index in [0.717, 1.165) is 37.1 Å². The van der Waals surface area contributed by atoms with Gasteiger partial charge in [0, 0.05) is 44.2 Å². The Kier molecular flexibility index (Phi) is 5.24. The first-order valence-electron chi connectivity index (χ1n) is 6.28. The van der Waals surface area contributed by atoms with Gasteiger partial charge in [-0.2, -0.15) is 0 Å². The lowest BCUT2D eigenvalue weighted by molar-refractivity contribution is 0.190. The molecule has 1 heterocycles. The molecule has 1 aromatic carbocycles. The van der Waals surface area contributed by atoms with Crippen molar-refractivity contribution in [3.8, 4) is 0 Å². The molecule has 0 bridgehead atoms. The van der Waals surface area contributed by atoms with Crippen LogP contribution in [0.5, 0.6) is 0 Å². The number of aromatic nitrogens is 2. The Morgan fingerprint density at radius 2 is 2.11 bits per heavy atom. The zero-order valence-corrected chi connectivity index (χ0v) is 11.7. The number of benzene rings is 1. The molecule has 4 nitrogen and oxygen atoms in total. The highest BCUT2D eigenvalue weighted by Crippen LogP contribution is 2.12. The maximum Gasteiger partial charge on any atom is 0.203 e. The Morgan fingerprint density at radius 1 is 1.32 bits per heavy atom. The standard InChI is InChI=1S/C14H18ClN3O/c1-19-10-2-8-18-9-7-16-14(18)17-11-12-3-5-13(15)6-4-12/h3-7,9H,2,8,10-11H2,1H3,(H,16,17). The van der Waals surface area contributed by atoms with E-state index >= 15 is 0 Å². The van der Waals surface area contributed by atoms with E-state index in [0.29, 0.717) is 0 Å². The minimum absolute atomic E-state index is 0.735. The van der Waals surface area contributed by atoms with Gasteiger partial charge in [0.05, 0.1) is 0 Å². The summed E-state index contributed by atoms with van der Waals surface area (Å²) < 4.78 is 7.15. The summed E-state index contributed by atoms with van der Waals surface area (Å²) in [6.07, 6.45) is 4.75. The van der Waals surface area contributed by atoms with Crippen molar-refractivity contribution in [3.63, 3.8) is 0 Å². The Morgan fingerprint density at radius 3 is 2.84 bits per heavy atom. The van der Waals surface area contributed by atoms with E-state index in [9.17, 15) is 0 Å². The molecule has 5 heteroatoms. The fourth-order valence-corrected chi connectivity index (χ4v) is 1.95. The van der Waals surface area contributed by atoms with Crippen LogP contribution in [-0.4, -0.2) is 23.3 Å². The minimum Gasteiger partial charge on any atom is -0.385 e. The Hall–Kier alpha value is -1.52. The molecule has 0 aliphatic heterocycles. The van der Waals surface area contributed by atoms with E-state index in [1.54, 1.807) is 13.3 Å². The molecule has 0 unspecified atom stereocenters. The first-order valence-corrected chi connectivity index (χ1v) is 6.66. The van der Waals surface area contributed by atoms with Crippen LogP contribution in [0.3, 0.4) is 0 Å². The number of imidazole rings is 1. The molecule has 0 saturated heterocycles. The molecule has 2 rings (SSSR count). The lowest BCUT2D eigenvalue weighted by atomic mass is 10.2. The van der Waals surface area contributed by atoms with Crippen molar-refractivity contribution in [2.45, 2.75) is 19.5 Å². The summed E-state index contributed by atoms with van der Waals surface area (Å²) in [5, 5.41) is 4.08. The topological polar surface area (TPSA) is 39.1 Å². The number of anilines is 1. The van der Waals surface area contributed by atoms with Crippen LogP contribution in [0.4, 0.5) is 5.95 Å². The predicted molar refractivity (Wildman–Crippen MR) is 77.5 cm³/mol. The molecular formula is C14H18ClN3O. The molecule has 0 saturated carbocycles. The Bertz CT molecular complexity index is 496. The first-order chi connectivity index (χ1) is 9.29. The Labute approximate surface area is 118 Å². The number of aryl methyl sites for hydroxylation is 1. The van der Waals surface area contributed by atoms with Gasteiger partial charge in [-0.05, 0) is 24.1 Å². The van der Waals surface area contributed by atoms with E-state index in [-0.39, 0.29) is 0 Å².